The van der Waals surface area contributed by atoms with E-state index >= 15 is 0 Å². The number of aryl methyl sites for hydroxylation is 1. The zero-order valence-electron chi connectivity index (χ0n) is 9.99. The molecule has 0 saturated carbocycles. The fraction of sp³-hybridized carbons (Fsp3) is 0.583. The molecular weight excluding hydrogens is 202 g/mol. The van der Waals surface area contributed by atoms with E-state index in [9.17, 15) is 0 Å². The number of ether oxygens (including phenoxy) is 1. The van der Waals surface area contributed by atoms with Gasteiger partial charge in [-0.1, -0.05) is 6.42 Å². The highest BCUT2D eigenvalue weighted by Gasteiger charge is 2.12. The Bertz CT molecular complexity index is 348. The lowest BCUT2D eigenvalue weighted by Gasteiger charge is -2.28. The van der Waals surface area contributed by atoms with Crippen LogP contribution in [0.25, 0.3) is 0 Å². The Kier molecular flexibility index (Phi) is 3.62. The Balaban J connectivity index is 2.09. The van der Waals surface area contributed by atoms with Crippen molar-refractivity contribution in [2.45, 2.75) is 26.2 Å². The molecule has 1 aromatic heterocycles. The van der Waals surface area contributed by atoms with Crippen LogP contribution in [-0.4, -0.2) is 30.2 Å². The molecule has 4 nitrogen and oxygen atoms in total. The largest absolute Gasteiger partial charge is 0.493 e. The van der Waals surface area contributed by atoms with Crippen LogP contribution in [0.3, 0.4) is 0 Å². The van der Waals surface area contributed by atoms with Crippen molar-refractivity contribution in [1.82, 2.24) is 9.99 Å². The summed E-state index contributed by atoms with van der Waals surface area (Å²) in [6, 6.07) is 2.02. The van der Waals surface area contributed by atoms with E-state index in [4.69, 9.17) is 4.74 Å². The van der Waals surface area contributed by atoms with Gasteiger partial charge >= 0.3 is 0 Å². The SMILES string of the molecule is COc1cnc(C)cc1NN1CCCCC1. The first-order valence-electron chi connectivity index (χ1n) is 5.82. The van der Waals surface area contributed by atoms with E-state index in [1.165, 1.54) is 19.3 Å². The van der Waals surface area contributed by atoms with Crippen molar-refractivity contribution >= 4 is 5.69 Å². The maximum Gasteiger partial charge on any atom is 0.161 e. The van der Waals surface area contributed by atoms with Crippen molar-refractivity contribution in [2.24, 2.45) is 0 Å². The summed E-state index contributed by atoms with van der Waals surface area (Å²) < 4.78 is 5.29. The predicted molar refractivity (Wildman–Crippen MR) is 64.6 cm³/mol. The van der Waals surface area contributed by atoms with E-state index in [1.54, 1.807) is 13.3 Å². The van der Waals surface area contributed by atoms with E-state index < -0.39 is 0 Å². The number of nitrogens with zero attached hydrogens (tertiary/aromatic N) is 2. The molecule has 4 heteroatoms. The highest BCUT2D eigenvalue weighted by molar-refractivity contribution is 5.55. The quantitative estimate of drug-likeness (QED) is 0.849. The maximum absolute atomic E-state index is 5.29. The number of pyridine rings is 1. The molecule has 16 heavy (non-hydrogen) atoms. The summed E-state index contributed by atoms with van der Waals surface area (Å²) in [4.78, 5) is 4.22. The number of piperidine rings is 1. The molecule has 1 aliphatic rings. The Morgan fingerprint density at radius 1 is 1.31 bits per heavy atom. The second kappa shape index (κ2) is 5.16. The van der Waals surface area contributed by atoms with Gasteiger partial charge in [0.25, 0.3) is 0 Å². The van der Waals surface area contributed by atoms with Crippen molar-refractivity contribution in [2.75, 3.05) is 25.6 Å². The van der Waals surface area contributed by atoms with E-state index in [0.717, 1.165) is 30.2 Å². The van der Waals surface area contributed by atoms with Crippen molar-refractivity contribution < 1.29 is 4.74 Å². The lowest BCUT2D eigenvalue weighted by atomic mass is 10.2. The molecule has 1 aliphatic heterocycles. The molecule has 0 radical (unpaired) electrons. The number of hydrogen-bond donors (Lipinski definition) is 1. The average molecular weight is 221 g/mol. The molecule has 1 saturated heterocycles. The van der Waals surface area contributed by atoms with Gasteiger partial charge in [0.2, 0.25) is 0 Å². The minimum atomic E-state index is 0.802. The molecule has 1 fully saturated rings. The topological polar surface area (TPSA) is 37.4 Å². The highest BCUT2D eigenvalue weighted by atomic mass is 16.5. The first-order chi connectivity index (χ1) is 7.79. The first-order valence-corrected chi connectivity index (χ1v) is 5.82. The van der Waals surface area contributed by atoms with Gasteiger partial charge in [0.05, 0.1) is 19.0 Å². The number of methoxy groups -OCH3 is 1. The fourth-order valence-corrected chi connectivity index (χ4v) is 1.97. The van der Waals surface area contributed by atoms with Crippen LogP contribution in [0.5, 0.6) is 5.75 Å². The summed E-state index contributed by atoms with van der Waals surface area (Å²) in [6.45, 7) is 4.19. The second-order valence-electron chi connectivity index (χ2n) is 4.19. The van der Waals surface area contributed by atoms with Crippen LogP contribution in [0.15, 0.2) is 12.3 Å². The molecule has 0 spiro atoms. The summed E-state index contributed by atoms with van der Waals surface area (Å²) in [6.07, 6.45) is 5.63. The zero-order valence-corrected chi connectivity index (χ0v) is 9.99. The van der Waals surface area contributed by atoms with Gasteiger partial charge in [0.15, 0.2) is 5.75 Å². The number of rotatable bonds is 3. The molecular formula is C12H19N3O. The Labute approximate surface area is 96.6 Å². The summed E-state index contributed by atoms with van der Waals surface area (Å²) in [5.74, 6) is 0.802. The average Bonchev–Trinajstić information content (AvgIpc) is 2.31. The second-order valence-corrected chi connectivity index (χ2v) is 4.19. The number of nitrogens with one attached hydrogen (secondary N) is 1. The minimum absolute atomic E-state index is 0.802. The number of hydrogen-bond acceptors (Lipinski definition) is 4. The smallest absolute Gasteiger partial charge is 0.161 e. The molecule has 2 rings (SSSR count). The molecule has 0 unspecified atom stereocenters. The van der Waals surface area contributed by atoms with E-state index in [0.29, 0.717) is 0 Å². The van der Waals surface area contributed by atoms with Gasteiger partial charge in [-0.25, -0.2) is 5.01 Å². The monoisotopic (exact) mass is 221 g/mol. The molecule has 1 N–H and O–H groups in total. The molecule has 88 valence electrons. The molecule has 1 aromatic rings. The van der Waals surface area contributed by atoms with E-state index in [2.05, 4.69) is 15.4 Å². The summed E-state index contributed by atoms with van der Waals surface area (Å²) in [5, 5.41) is 2.25. The lowest BCUT2D eigenvalue weighted by molar-refractivity contribution is 0.271. The van der Waals surface area contributed by atoms with Gasteiger partial charge in [-0.15, -0.1) is 0 Å². The van der Waals surface area contributed by atoms with E-state index in [1.807, 2.05) is 13.0 Å². The number of aromatic nitrogens is 1. The number of hydrazine groups is 1. The molecule has 0 aromatic carbocycles. The van der Waals surface area contributed by atoms with Crippen LogP contribution in [-0.2, 0) is 0 Å². The first kappa shape index (κ1) is 11.2. The van der Waals surface area contributed by atoms with Crippen LogP contribution in [0, 0.1) is 6.92 Å². The van der Waals surface area contributed by atoms with Crippen LogP contribution in [0.4, 0.5) is 5.69 Å². The van der Waals surface area contributed by atoms with Gasteiger partial charge in [-0.05, 0) is 25.8 Å². The van der Waals surface area contributed by atoms with Crippen molar-refractivity contribution in [3.05, 3.63) is 18.0 Å². The maximum atomic E-state index is 5.29. The Morgan fingerprint density at radius 2 is 2.06 bits per heavy atom. The third kappa shape index (κ3) is 2.64. The van der Waals surface area contributed by atoms with Gasteiger partial charge in [-0.2, -0.15) is 0 Å². The third-order valence-corrected chi connectivity index (χ3v) is 2.86. The van der Waals surface area contributed by atoms with Crippen LogP contribution in [0.1, 0.15) is 25.0 Å². The van der Waals surface area contributed by atoms with Crippen LogP contribution in [0.2, 0.25) is 0 Å². The van der Waals surface area contributed by atoms with Crippen LogP contribution < -0.4 is 10.2 Å². The minimum Gasteiger partial charge on any atom is -0.493 e. The third-order valence-electron chi connectivity index (χ3n) is 2.86. The van der Waals surface area contributed by atoms with Gasteiger partial charge in [-0.3, -0.25) is 4.98 Å². The van der Waals surface area contributed by atoms with E-state index in [-0.39, 0.29) is 0 Å². The fourth-order valence-electron chi connectivity index (χ4n) is 1.97. The lowest BCUT2D eigenvalue weighted by Crippen LogP contribution is -2.35. The van der Waals surface area contributed by atoms with Gasteiger partial charge in [0.1, 0.15) is 0 Å². The zero-order chi connectivity index (χ0) is 11.4. The van der Waals surface area contributed by atoms with Crippen molar-refractivity contribution in [3.63, 3.8) is 0 Å². The van der Waals surface area contributed by atoms with Gasteiger partial charge < -0.3 is 10.2 Å². The van der Waals surface area contributed by atoms with Crippen molar-refractivity contribution in [3.8, 4) is 5.75 Å². The summed E-state index contributed by atoms with van der Waals surface area (Å²) in [5.41, 5.74) is 5.42. The highest BCUT2D eigenvalue weighted by Crippen LogP contribution is 2.24. The summed E-state index contributed by atoms with van der Waals surface area (Å²) in [7, 11) is 1.67. The molecule has 0 bridgehead atoms. The Hall–Kier alpha value is -1.29. The van der Waals surface area contributed by atoms with Gasteiger partial charge in [0, 0.05) is 18.8 Å². The molecule has 0 amide bonds. The van der Waals surface area contributed by atoms with Crippen molar-refractivity contribution in [1.29, 1.82) is 0 Å². The molecule has 2 heterocycles. The number of anilines is 1. The standard InChI is InChI=1S/C12H19N3O/c1-10-8-11(12(16-2)9-13-10)14-15-6-4-3-5-7-15/h8-9H,3-7H2,1-2H3,(H,13,14). The normalized spacial score (nSPS) is 17.1. The predicted octanol–water partition coefficient (Wildman–Crippen LogP) is 2.21. The van der Waals surface area contributed by atoms with Crippen LogP contribution >= 0.6 is 0 Å². The molecule has 0 aliphatic carbocycles. The Morgan fingerprint density at radius 3 is 2.75 bits per heavy atom. The summed E-state index contributed by atoms with van der Waals surface area (Å²) >= 11 is 0. The molecule has 0 atom stereocenters.